The second kappa shape index (κ2) is 4.87. The summed E-state index contributed by atoms with van der Waals surface area (Å²) < 4.78 is 6.06. The van der Waals surface area contributed by atoms with Gasteiger partial charge < -0.3 is 9.42 Å². The Morgan fingerprint density at radius 3 is 2.71 bits per heavy atom. The molecule has 5 heteroatoms. The highest BCUT2D eigenvalue weighted by molar-refractivity contribution is 9.10. The van der Waals surface area contributed by atoms with Crippen molar-refractivity contribution < 1.29 is 4.52 Å². The minimum absolute atomic E-state index is 0.686. The van der Waals surface area contributed by atoms with E-state index < -0.39 is 0 Å². The van der Waals surface area contributed by atoms with Gasteiger partial charge in [-0.15, -0.1) is 0 Å². The Labute approximate surface area is 109 Å². The maximum atomic E-state index is 5.04. The Morgan fingerprint density at radius 2 is 2.12 bits per heavy atom. The van der Waals surface area contributed by atoms with Gasteiger partial charge in [-0.3, -0.25) is 0 Å². The van der Waals surface area contributed by atoms with Crippen molar-refractivity contribution in [2.24, 2.45) is 0 Å². The Hall–Kier alpha value is -1.36. The standard InChI is InChI=1S/C12H14BrN3O/c1-8-4-12(14-6-11(8)13)16(3)7-10-5-9(2)17-15-10/h4-6H,7H2,1-3H3. The SMILES string of the molecule is Cc1cc(CN(C)c2cc(C)c(Br)cn2)no1. The summed E-state index contributed by atoms with van der Waals surface area (Å²) in [7, 11) is 1.99. The quantitative estimate of drug-likeness (QED) is 0.873. The van der Waals surface area contributed by atoms with E-state index in [2.05, 4.69) is 26.1 Å². The van der Waals surface area contributed by atoms with E-state index in [9.17, 15) is 0 Å². The van der Waals surface area contributed by atoms with E-state index in [1.807, 2.05) is 44.1 Å². The fraction of sp³-hybridized carbons (Fsp3) is 0.333. The lowest BCUT2D eigenvalue weighted by Crippen LogP contribution is -2.17. The van der Waals surface area contributed by atoms with Crippen molar-refractivity contribution in [1.29, 1.82) is 0 Å². The molecule has 0 spiro atoms. The third-order valence-corrected chi connectivity index (χ3v) is 3.33. The number of anilines is 1. The second-order valence-corrected chi connectivity index (χ2v) is 4.93. The van der Waals surface area contributed by atoms with Gasteiger partial charge in [-0.2, -0.15) is 0 Å². The first-order valence-corrected chi connectivity index (χ1v) is 6.11. The number of aromatic nitrogens is 2. The zero-order chi connectivity index (χ0) is 12.4. The zero-order valence-electron chi connectivity index (χ0n) is 10.1. The van der Waals surface area contributed by atoms with Crippen LogP contribution in [0.3, 0.4) is 0 Å². The van der Waals surface area contributed by atoms with Gasteiger partial charge in [0, 0.05) is 23.8 Å². The van der Waals surface area contributed by atoms with Crippen LogP contribution in [0.15, 0.2) is 27.3 Å². The van der Waals surface area contributed by atoms with Crippen molar-refractivity contribution in [3.63, 3.8) is 0 Å². The van der Waals surface area contributed by atoms with Crippen LogP contribution in [-0.4, -0.2) is 17.2 Å². The number of aryl methyl sites for hydroxylation is 2. The lowest BCUT2D eigenvalue weighted by atomic mass is 10.3. The Kier molecular flexibility index (Phi) is 3.47. The molecule has 2 heterocycles. The molecular weight excluding hydrogens is 282 g/mol. The maximum Gasteiger partial charge on any atom is 0.133 e. The molecule has 0 bridgehead atoms. The van der Waals surface area contributed by atoms with Crippen LogP contribution in [-0.2, 0) is 6.54 Å². The highest BCUT2D eigenvalue weighted by atomic mass is 79.9. The van der Waals surface area contributed by atoms with Crippen LogP contribution in [0.25, 0.3) is 0 Å². The van der Waals surface area contributed by atoms with Crippen LogP contribution >= 0.6 is 15.9 Å². The molecule has 0 radical (unpaired) electrons. The summed E-state index contributed by atoms with van der Waals surface area (Å²) in [5.74, 6) is 1.75. The topological polar surface area (TPSA) is 42.2 Å². The summed E-state index contributed by atoms with van der Waals surface area (Å²) in [5, 5.41) is 3.97. The molecular formula is C12H14BrN3O. The summed E-state index contributed by atoms with van der Waals surface area (Å²) >= 11 is 3.44. The van der Waals surface area contributed by atoms with E-state index in [0.717, 1.165) is 27.3 Å². The minimum atomic E-state index is 0.686. The van der Waals surface area contributed by atoms with Crippen LogP contribution in [0, 0.1) is 13.8 Å². The highest BCUT2D eigenvalue weighted by Crippen LogP contribution is 2.20. The third kappa shape index (κ3) is 2.85. The van der Waals surface area contributed by atoms with Crippen LogP contribution in [0.5, 0.6) is 0 Å². The summed E-state index contributed by atoms with van der Waals surface area (Å²) in [5.41, 5.74) is 2.07. The average Bonchev–Trinajstić information content (AvgIpc) is 2.68. The highest BCUT2D eigenvalue weighted by Gasteiger charge is 2.08. The molecule has 0 aromatic carbocycles. The van der Waals surface area contributed by atoms with E-state index in [-0.39, 0.29) is 0 Å². The molecule has 2 aromatic heterocycles. The van der Waals surface area contributed by atoms with Crippen molar-refractivity contribution in [1.82, 2.24) is 10.1 Å². The van der Waals surface area contributed by atoms with Crippen molar-refractivity contribution >= 4 is 21.7 Å². The lowest BCUT2D eigenvalue weighted by Gasteiger charge is -2.17. The minimum Gasteiger partial charge on any atom is -0.361 e. The van der Waals surface area contributed by atoms with Crippen molar-refractivity contribution in [3.05, 3.63) is 39.8 Å². The monoisotopic (exact) mass is 295 g/mol. The molecule has 0 atom stereocenters. The Balaban J connectivity index is 2.14. The van der Waals surface area contributed by atoms with Gasteiger partial charge in [0.2, 0.25) is 0 Å². The molecule has 17 heavy (non-hydrogen) atoms. The first-order valence-electron chi connectivity index (χ1n) is 5.32. The number of nitrogens with zero attached hydrogens (tertiary/aromatic N) is 3. The number of pyridine rings is 1. The Bertz CT molecular complexity index is 524. The number of hydrogen-bond donors (Lipinski definition) is 0. The zero-order valence-corrected chi connectivity index (χ0v) is 11.7. The van der Waals surface area contributed by atoms with Crippen molar-refractivity contribution in [3.8, 4) is 0 Å². The summed E-state index contributed by atoms with van der Waals surface area (Å²) in [6, 6.07) is 3.97. The predicted octanol–water partition coefficient (Wildman–Crippen LogP) is 3.09. The van der Waals surface area contributed by atoms with E-state index in [1.165, 1.54) is 0 Å². The van der Waals surface area contributed by atoms with Crippen LogP contribution in [0.2, 0.25) is 0 Å². The van der Waals surface area contributed by atoms with Gasteiger partial charge in [0.25, 0.3) is 0 Å². The first kappa shape index (κ1) is 12.1. The third-order valence-electron chi connectivity index (χ3n) is 2.50. The molecule has 2 aromatic rings. The molecule has 0 amide bonds. The molecule has 2 rings (SSSR count). The summed E-state index contributed by atoms with van der Waals surface area (Å²) in [4.78, 5) is 6.40. The molecule has 0 unspecified atom stereocenters. The van der Waals surface area contributed by atoms with Gasteiger partial charge in [0.1, 0.15) is 17.3 Å². The van der Waals surface area contributed by atoms with Crippen LogP contribution in [0.1, 0.15) is 17.0 Å². The van der Waals surface area contributed by atoms with Gasteiger partial charge in [-0.05, 0) is 41.4 Å². The fourth-order valence-corrected chi connectivity index (χ4v) is 1.77. The van der Waals surface area contributed by atoms with E-state index in [4.69, 9.17) is 4.52 Å². The molecule has 90 valence electrons. The first-order chi connectivity index (χ1) is 8.06. The van der Waals surface area contributed by atoms with Crippen molar-refractivity contribution in [2.75, 3.05) is 11.9 Å². The summed E-state index contributed by atoms with van der Waals surface area (Å²) in [6.45, 7) is 4.62. The molecule has 0 N–H and O–H groups in total. The van der Waals surface area contributed by atoms with Gasteiger partial charge in [0.15, 0.2) is 0 Å². The number of halogens is 1. The number of rotatable bonds is 3. The maximum absolute atomic E-state index is 5.04. The van der Waals surface area contributed by atoms with Crippen LogP contribution < -0.4 is 4.90 Å². The molecule has 0 aliphatic rings. The Morgan fingerprint density at radius 1 is 1.35 bits per heavy atom. The van der Waals surface area contributed by atoms with Crippen molar-refractivity contribution in [2.45, 2.75) is 20.4 Å². The van der Waals surface area contributed by atoms with Crippen LogP contribution in [0.4, 0.5) is 5.82 Å². The predicted molar refractivity (Wildman–Crippen MR) is 70.0 cm³/mol. The van der Waals surface area contributed by atoms with Gasteiger partial charge >= 0.3 is 0 Å². The van der Waals surface area contributed by atoms with E-state index in [0.29, 0.717) is 6.54 Å². The average molecular weight is 296 g/mol. The molecule has 0 saturated heterocycles. The van der Waals surface area contributed by atoms with Gasteiger partial charge in [0.05, 0.1) is 6.54 Å². The smallest absolute Gasteiger partial charge is 0.133 e. The number of hydrogen-bond acceptors (Lipinski definition) is 4. The van der Waals surface area contributed by atoms with Gasteiger partial charge in [-0.1, -0.05) is 5.16 Å². The molecule has 0 aliphatic carbocycles. The largest absolute Gasteiger partial charge is 0.361 e. The van der Waals surface area contributed by atoms with Gasteiger partial charge in [-0.25, -0.2) is 4.98 Å². The fourth-order valence-electron chi connectivity index (χ4n) is 1.55. The molecule has 0 saturated carbocycles. The lowest BCUT2D eigenvalue weighted by molar-refractivity contribution is 0.390. The second-order valence-electron chi connectivity index (χ2n) is 4.08. The van der Waals surface area contributed by atoms with E-state index in [1.54, 1.807) is 0 Å². The summed E-state index contributed by atoms with van der Waals surface area (Å²) in [6.07, 6.45) is 1.81. The normalized spacial score (nSPS) is 10.6. The molecule has 4 nitrogen and oxygen atoms in total. The van der Waals surface area contributed by atoms with E-state index >= 15 is 0 Å². The molecule has 0 fully saturated rings. The molecule has 0 aliphatic heterocycles.